The summed E-state index contributed by atoms with van der Waals surface area (Å²) in [6.07, 6.45) is 0.677. The first kappa shape index (κ1) is 14.3. The molecule has 4 rings (SSSR count). The minimum atomic E-state index is -2.65. The van der Waals surface area contributed by atoms with Crippen LogP contribution in [0.5, 0.6) is 0 Å². The number of fused-ring (bicyclic) bond motifs is 3. The van der Waals surface area contributed by atoms with E-state index in [4.69, 9.17) is 0 Å². The summed E-state index contributed by atoms with van der Waals surface area (Å²) in [5, 5.41) is 0.553. The van der Waals surface area contributed by atoms with Crippen LogP contribution in [0.15, 0.2) is 21.4 Å². The van der Waals surface area contributed by atoms with E-state index in [2.05, 4.69) is 20.9 Å². The number of hydrogen-bond donors (Lipinski definition) is 0. The van der Waals surface area contributed by atoms with Crippen LogP contribution in [0, 0.1) is 6.92 Å². The van der Waals surface area contributed by atoms with E-state index in [9.17, 15) is 13.6 Å². The normalized spacial score (nSPS) is 26.0. The van der Waals surface area contributed by atoms with Gasteiger partial charge < -0.3 is 0 Å². The van der Waals surface area contributed by atoms with Crippen LogP contribution in [0.25, 0.3) is 10.9 Å². The van der Waals surface area contributed by atoms with E-state index in [1.807, 2.05) is 19.1 Å². The zero-order valence-corrected chi connectivity index (χ0v) is 13.7. The molecule has 1 spiro atoms. The largest absolute Gasteiger partial charge is 0.296 e. The third-order valence-electron chi connectivity index (χ3n) is 5.01. The zero-order valence-electron chi connectivity index (χ0n) is 12.1. The number of rotatable bonds is 0. The molecule has 0 radical (unpaired) electrons. The summed E-state index contributed by atoms with van der Waals surface area (Å²) >= 11 is 3.45. The highest BCUT2D eigenvalue weighted by Gasteiger charge is 2.54. The van der Waals surface area contributed by atoms with Crippen molar-refractivity contribution >= 4 is 26.8 Å². The van der Waals surface area contributed by atoms with Crippen molar-refractivity contribution in [1.29, 1.82) is 0 Å². The van der Waals surface area contributed by atoms with Crippen LogP contribution in [0.3, 0.4) is 0 Å². The quantitative estimate of drug-likeness (QED) is 0.706. The molecule has 0 bridgehead atoms. The average Bonchev–Trinajstić information content (AvgIpc) is 2.93. The highest BCUT2D eigenvalue weighted by Crippen LogP contribution is 2.52. The van der Waals surface area contributed by atoms with E-state index in [-0.39, 0.29) is 18.4 Å². The van der Waals surface area contributed by atoms with Gasteiger partial charge in [-0.1, -0.05) is 0 Å². The molecule has 0 saturated heterocycles. The molecule has 2 aromatic rings. The minimum Gasteiger partial charge on any atom is -0.296 e. The molecule has 0 amide bonds. The topological polar surface area (TPSA) is 34.9 Å². The molecular formula is C16H15BrF2N2O. The van der Waals surface area contributed by atoms with Crippen LogP contribution >= 0.6 is 15.9 Å². The molecule has 6 heteroatoms. The standard InChI is InChI=1S/C16H15BrF2N2O/c1-9-6-10-12(11(17)7-9)20-14-15(2-3-16(18,19)8-15)4-5-21(14)13(10)22/h6-7H,2-5,8H2,1H3. The van der Waals surface area contributed by atoms with Crippen molar-refractivity contribution < 1.29 is 8.78 Å². The van der Waals surface area contributed by atoms with Gasteiger partial charge in [0.15, 0.2) is 0 Å². The molecule has 22 heavy (non-hydrogen) atoms. The number of aromatic nitrogens is 2. The van der Waals surface area contributed by atoms with E-state index < -0.39 is 11.3 Å². The van der Waals surface area contributed by atoms with Crippen LogP contribution in [-0.2, 0) is 12.0 Å². The monoisotopic (exact) mass is 368 g/mol. The van der Waals surface area contributed by atoms with Crippen LogP contribution < -0.4 is 5.56 Å². The lowest BCUT2D eigenvalue weighted by Crippen LogP contribution is -2.28. The first-order valence-corrected chi connectivity index (χ1v) is 8.20. The Morgan fingerprint density at radius 1 is 1.27 bits per heavy atom. The highest BCUT2D eigenvalue weighted by molar-refractivity contribution is 9.10. The van der Waals surface area contributed by atoms with Gasteiger partial charge in [-0.3, -0.25) is 9.36 Å². The summed E-state index contributed by atoms with van der Waals surface area (Å²) in [6.45, 7) is 2.40. The molecule has 1 aliphatic heterocycles. The smallest absolute Gasteiger partial charge is 0.261 e. The van der Waals surface area contributed by atoms with Crippen LogP contribution in [0.4, 0.5) is 8.78 Å². The number of nitrogens with zero attached hydrogens (tertiary/aromatic N) is 2. The van der Waals surface area contributed by atoms with Crippen molar-refractivity contribution in [2.24, 2.45) is 0 Å². The summed E-state index contributed by atoms with van der Waals surface area (Å²) in [5.74, 6) is -2.10. The van der Waals surface area contributed by atoms with Crippen molar-refractivity contribution in [1.82, 2.24) is 9.55 Å². The van der Waals surface area contributed by atoms with E-state index in [1.165, 1.54) is 0 Å². The molecule has 2 aliphatic rings. The molecule has 1 atom stereocenters. The number of aryl methyl sites for hydroxylation is 1. The zero-order chi connectivity index (χ0) is 15.7. The van der Waals surface area contributed by atoms with Gasteiger partial charge in [0.05, 0.1) is 10.9 Å². The fraction of sp³-hybridized carbons (Fsp3) is 0.500. The molecule has 2 heterocycles. The third kappa shape index (κ3) is 1.89. The van der Waals surface area contributed by atoms with Crippen molar-refractivity contribution in [3.63, 3.8) is 0 Å². The maximum atomic E-state index is 13.8. The summed E-state index contributed by atoms with van der Waals surface area (Å²) in [7, 11) is 0. The van der Waals surface area contributed by atoms with Crippen molar-refractivity contribution in [2.45, 2.75) is 50.5 Å². The molecule has 0 N–H and O–H groups in total. The summed E-state index contributed by atoms with van der Waals surface area (Å²) < 4.78 is 29.9. The molecule has 1 unspecified atom stereocenters. The Hall–Kier alpha value is -1.30. The van der Waals surface area contributed by atoms with Crippen LogP contribution in [0.2, 0.25) is 0 Å². The predicted molar refractivity (Wildman–Crippen MR) is 83.5 cm³/mol. The first-order valence-electron chi connectivity index (χ1n) is 7.40. The van der Waals surface area contributed by atoms with Crippen LogP contribution in [0.1, 0.15) is 37.1 Å². The molecular weight excluding hydrogens is 354 g/mol. The highest BCUT2D eigenvalue weighted by atomic mass is 79.9. The van der Waals surface area contributed by atoms with Gasteiger partial charge in [-0.15, -0.1) is 0 Å². The number of benzene rings is 1. The fourth-order valence-electron chi connectivity index (χ4n) is 3.97. The van der Waals surface area contributed by atoms with Gasteiger partial charge in [0.2, 0.25) is 5.92 Å². The second-order valence-corrected chi connectivity index (χ2v) is 7.45. The van der Waals surface area contributed by atoms with E-state index >= 15 is 0 Å². The van der Waals surface area contributed by atoms with Gasteiger partial charge in [-0.05, 0) is 53.4 Å². The number of halogens is 3. The molecule has 116 valence electrons. The Labute approximate surface area is 134 Å². The summed E-state index contributed by atoms with van der Waals surface area (Å²) in [4.78, 5) is 17.4. The average molecular weight is 369 g/mol. The van der Waals surface area contributed by atoms with Gasteiger partial charge in [-0.2, -0.15) is 0 Å². The first-order chi connectivity index (χ1) is 10.3. The summed E-state index contributed by atoms with van der Waals surface area (Å²) in [5.41, 5.74) is 0.801. The maximum Gasteiger partial charge on any atom is 0.261 e. The Morgan fingerprint density at radius 3 is 2.73 bits per heavy atom. The van der Waals surface area contributed by atoms with Crippen molar-refractivity contribution in [2.75, 3.05) is 0 Å². The maximum absolute atomic E-state index is 13.8. The minimum absolute atomic E-state index is 0.114. The lowest BCUT2D eigenvalue weighted by atomic mass is 9.84. The number of hydrogen-bond acceptors (Lipinski definition) is 2. The van der Waals surface area contributed by atoms with Gasteiger partial charge in [-0.25, -0.2) is 13.8 Å². The van der Waals surface area contributed by atoms with E-state index in [0.29, 0.717) is 36.1 Å². The van der Waals surface area contributed by atoms with Gasteiger partial charge in [0.25, 0.3) is 5.56 Å². The Balaban J connectivity index is 2.00. The van der Waals surface area contributed by atoms with E-state index in [0.717, 1.165) is 10.0 Å². The second kappa shape index (κ2) is 4.37. The Bertz CT molecular complexity index is 861. The number of alkyl halides is 2. The van der Waals surface area contributed by atoms with Gasteiger partial charge in [0, 0.05) is 29.3 Å². The fourth-order valence-corrected chi connectivity index (χ4v) is 4.63. The molecule has 1 aromatic heterocycles. The lowest BCUT2D eigenvalue weighted by Gasteiger charge is -2.22. The van der Waals surface area contributed by atoms with Gasteiger partial charge in [0.1, 0.15) is 5.82 Å². The van der Waals surface area contributed by atoms with Gasteiger partial charge >= 0.3 is 0 Å². The van der Waals surface area contributed by atoms with Crippen LogP contribution in [-0.4, -0.2) is 15.5 Å². The molecule has 3 nitrogen and oxygen atoms in total. The molecule has 1 fully saturated rings. The van der Waals surface area contributed by atoms with Crippen molar-refractivity contribution in [3.8, 4) is 0 Å². The Kier molecular flexibility index (Phi) is 2.84. The molecule has 1 aliphatic carbocycles. The molecule has 1 saturated carbocycles. The predicted octanol–water partition coefficient (Wildman–Crippen LogP) is 3.93. The molecule has 1 aromatic carbocycles. The SMILES string of the molecule is Cc1cc(Br)c2nc3n(c(=O)c2c1)CCC31CCC(F)(F)C1. The lowest BCUT2D eigenvalue weighted by molar-refractivity contribution is 0.00242. The third-order valence-corrected chi connectivity index (χ3v) is 5.62. The summed E-state index contributed by atoms with van der Waals surface area (Å²) in [6, 6.07) is 3.72. The Morgan fingerprint density at radius 2 is 2.05 bits per heavy atom. The van der Waals surface area contributed by atoms with Crippen molar-refractivity contribution in [3.05, 3.63) is 38.3 Å². The van der Waals surface area contributed by atoms with E-state index in [1.54, 1.807) is 4.57 Å². The second-order valence-electron chi connectivity index (χ2n) is 6.60.